The molecule has 0 N–H and O–H groups in total. The molecule has 1 atom stereocenters. The maximum atomic E-state index is 9.13. The van der Waals surface area contributed by atoms with Crippen molar-refractivity contribution in [2.24, 2.45) is 0 Å². The van der Waals surface area contributed by atoms with E-state index in [4.69, 9.17) is 10.00 Å². The highest BCUT2D eigenvalue weighted by Crippen LogP contribution is 2.47. The lowest BCUT2D eigenvalue weighted by Crippen LogP contribution is -2.26. The third kappa shape index (κ3) is 2.54. The van der Waals surface area contributed by atoms with Gasteiger partial charge in [-0.15, -0.1) is 11.3 Å². The third-order valence-corrected chi connectivity index (χ3v) is 5.58. The summed E-state index contributed by atoms with van der Waals surface area (Å²) in [4.78, 5) is 5.33. The van der Waals surface area contributed by atoms with Crippen molar-refractivity contribution in [3.8, 4) is 6.07 Å². The van der Waals surface area contributed by atoms with Gasteiger partial charge in [-0.3, -0.25) is 0 Å². The smallest absolute Gasteiger partial charge is 0.128 e. The van der Waals surface area contributed by atoms with Crippen LogP contribution < -0.4 is 0 Å². The van der Waals surface area contributed by atoms with Crippen LogP contribution in [0.4, 0.5) is 0 Å². The topological polar surface area (TPSA) is 50.8 Å². The van der Waals surface area contributed by atoms with Gasteiger partial charge in [0.25, 0.3) is 0 Å². The van der Waals surface area contributed by atoms with E-state index in [-0.39, 0.29) is 0 Å². The number of aromatic nitrogens is 2. The van der Waals surface area contributed by atoms with Gasteiger partial charge in [-0.2, -0.15) is 5.26 Å². The van der Waals surface area contributed by atoms with Crippen LogP contribution in [-0.4, -0.2) is 9.55 Å². The molecule has 0 saturated carbocycles. The van der Waals surface area contributed by atoms with Crippen molar-refractivity contribution >= 4 is 11.3 Å². The summed E-state index contributed by atoms with van der Waals surface area (Å²) in [6.07, 6.45) is 7.54. The predicted molar refractivity (Wildman–Crippen MR) is 92.5 cm³/mol. The molecular formula is C19H17N3OS. The highest BCUT2D eigenvalue weighted by Gasteiger charge is 2.42. The van der Waals surface area contributed by atoms with Crippen molar-refractivity contribution < 1.29 is 4.74 Å². The summed E-state index contributed by atoms with van der Waals surface area (Å²) >= 11 is 1.73. The molecule has 2 aromatic heterocycles. The molecule has 0 radical (unpaired) electrons. The number of nitriles is 1. The number of thiophene rings is 1. The first-order valence-corrected chi connectivity index (χ1v) is 8.87. The Kier molecular flexibility index (Phi) is 3.93. The van der Waals surface area contributed by atoms with Crippen molar-refractivity contribution in [1.82, 2.24) is 9.55 Å². The number of fused-ring (bicyclic) bond motifs is 1. The first-order chi connectivity index (χ1) is 11.8. The summed E-state index contributed by atoms with van der Waals surface area (Å²) in [7, 11) is 0. The Morgan fingerprint density at radius 3 is 3.08 bits per heavy atom. The van der Waals surface area contributed by atoms with Crippen molar-refractivity contribution in [2.45, 2.75) is 31.6 Å². The molecule has 0 amide bonds. The second-order valence-corrected chi connectivity index (χ2v) is 6.93. The minimum atomic E-state index is -0.391. The monoisotopic (exact) mass is 335 g/mol. The molecule has 1 aromatic carbocycles. The second kappa shape index (κ2) is 6.23. The summed E-state index contributed by atoms with van der Waals surface area (Å²) in [6.45, 7) is 1.48. The quantitative estimate of drug-likeness (QED) is 0.706. The Morgan fingerprint density at radius 1 is 1.38 bits per heavy atom. The summed E-state index contributed by atoms with van der Waals surface area (Å²) in [5, 5.41) is 11.2. The van der Waals surface area contributed by atoms with Gasteiger partial charge in [-0.1, -0.05) is 12.1 Å². The molecule has 1 aliphatic heterocycles. The highest BCUT2D eigenvalue weighted by molar-refractivity contribution is 7.10. The van der Waals surface area contributed by atoms with Crippen LogP contribution in [0.3, 0.4) is 0 Å². The molecule has 1 unspecified atom stereocenters. The van der Waals surface area contributed by atoms with Gasteiger partial charge in [0.15, 0.2) is 0 Å². The Hall–Kier alpha value is -2.42. The Morgan fingerprint density at radius 2 is 2.33 bits per heavy atom. The van der Waals surface area contributed by atoms with Crippen LogP contribution in [0.2, 0.25) is 0 Å². The van der Waals surface area contributed by atoms with Gasteiger partial charge in [0.1, 0.15) is 5.60 Å². The zero-order valence-corrected chi connectivity index (χ0v) is 14.0. The van der Waals surface area contributed by atoms with Crippen molar-refractivity contribution in [3.63, 3.8) is 0 Å². The molecule has 4 nitrogen and oxygen atoms in total. The molecule has 0 fully saturated rings. The lowest BCUT2D eigenvalue weighted by molar-refractivity contribution is -0.0110. The molecule has 4 rings (SSSR count). The van der Waals surface area contributed by atoms with E-state index in [0.717, 1.165) is 24.9 Å². The van der Waals surface area contributed by atoms with Crippen molar-refractivity contribution in [2.75, 3.05) is 0 Å². The minimum Gasteiger partial charge on any atom is -0.360 e. The zero-order valence-electron chi connectivity index (χ0n) is 13.2. The van der Waals surface area contributed by atoms with E-state index in [2.05, 4.69) is 39.2 Å². The molecule has 120 valence electrons. The summed E-state index contributed by atoms with van der Waals surface area (Å²) in [6, 6.07) is 12.4. The van der Waals surface area contributed by atoms with Gasteiger partial charge < -0.3 is 9.30 Å². The van der Waals surface area contributed by atoms with Crippen LogP contribution in [0.15, 0.2) is 54.4 Å². The number of benzene rings is 1. The van der Waals surface area contributed by atoms with E-state index < -0.39 is 5.60 Å². The molecule has 3 aromatic rings. The molecule has 0 saturated heterocycles. The van der Waals surface area contributed by atoms with Crippen molar-refractivity contribution in [1.29, 1.82) is 5.26 Å². The average molecular weight is 335 g/mol. The van der Waals surface area contributed by atoms with E-state index in [9.17, 15) is 0 Å². The van der Waals surface area contributed by atoms with Crippen LogP contribution in [0.5, 0.6) is 0 Å². The summed E-state index contributed by atoms with van der Waals surface area (Å²) < 4.78 is 8.44. The van der Waals surface area contributed by atoms with Crippen LogP contribution in [0.25, 0.3) is 0 Å². The van der Waals surface area contributed by atoms with E-state index in [1.54, 1.807) is 17.5 Å². The largest absolute Gasteiger partial charge is 0.360 e. The lowest BCUT2D eigenvalue weighted by Gasteiger charge is -2.29. The van der Waals surface area contributed by atoms with Gasteiger partial charge in [-0.05, 0) is 47.5 Å². The fraction of sp³-hybridized carbons (Fsp3) is 0.263. The minimum absolute atomic E-state index is 0.391. The number of hydrogen-bond donors (Lipinski definition) is 0. The van der Waals surface area contributed by atoms with Gasteiger partial charge in [0.2, 0.25) is 0 Å². The fourth-order valence-electron chi connectivity index (χ4n) is 3.43. The SMILES string of the molecule is N#Cc1ccc2c(c1)COC2(CCCn1ccnc1)c1cccs1. The van der Waals surface area contributed by atoms with Gasteiger partial charge in [-0.25, -0.2) is 4.98 Å². The number of hydrogen-bond acceptors (Lipinski definition) is 4. The third-order valence-electron chi connectivity index (χ3n) is 4.57. The highest BCUT2D eigenvalue weighted by atomic mass is 32.1. The van der Waals surface area contributed by atoms with Crippen LogP contribution >= 0.6 is 11.3 Å². The van der Waals surface area contributed by atoms with E-state index >= 15 is 0 Å². The molecule has 0 aliphatic carbocycles. The Balaban J connectivity index is 1.66. The van der Waals surface area contributed by atoms with Gasteiger partial charge in [0, 0.05) is 23.8 Å². The van der Waals surface area contributed by atoms with E-state index in [0.29, 0.717) is 12.2 Å². The number of nitrogens with zero attached hydrogens (tertiary/aromatic N) is 3. The van der Waals surface area contributed by atoms with Crippen LogP contribution in [0, 0.1) is 11.3 Å². The molecule has 1 aliphatic rings. The number of rotatable bonds is 5. The van der Waals surface area contributed by atoms with E-state index in [1.807, 2.05) is 24.7 Å². The Labute approximate surface area is 145 Å². The van der Waals surface area contributed by atoms with E-state index in [1.165, 1.54) is 10.4 Å². The van der Waals surface area contributed by atoms with Crippen LogP contribution in [-0.2, 0) is 23.5 Å². The molecular weight excluding hydrogens is 318 g/mol. The molecule has 0 bridgehead atoms. The number of aryl methyl sites for hydroxylation is 1. The fourth-order valence-corrected chi connectivity index (χ4v) is 4.35. The van der Waals surface area contributed by atoms with Gasteiger partial charge in [0.05, 0.1) is 24.6 Å². The molecule has 24 heavy (non-hydrogen) atoms. The zero-order chi connectivity index (χ0) is 16.4. The molecule has 0 spiro atoms. The maximum Gasteiger partial charge on any atom is 0.128 e. The molecule has 3 heterocycles. The number of imidazole rings is 1. The first-order valence-electron chi connectivity index (χ1n) is 7.99. The molecule has 5 heteroatoms. The van der Waals surface area contributed by atoms with Gasteiger partial charge >= 0.3 is 0 Å². The maximum absolute atomic E-state index is 9.13. The second-order valence-electron chi connectivity index (χ2n) is 5.98. The van der Waals surface area contributed by atoms with Crippen molar-refractivity contribution in [3.05, 3.63) is 76.0 Å². The average Bonchev–Trinajstić information content (AvgIpc) is 3.36. The Bertz CT molecular complexity index is 865. The predicted octanol–water partition coefficient (Wildman–Crippen LogP) is 4.07. The standard InChI is InChI=1S/C19H17N3OS/c20-12-15-4-5-17-16(11-15)13-23-19(17,18-3-1-10-24-18)6-2-8-22-9-7-21-14-22/h1,3-5,7,9-11,14H,2,6,8,13H2. The van der Waals surface area contributed by atoms with Crippen LogP contribution in [0.1, 0.15) is 34.4 Å². The first kappa shape index (κ1) is 15.1. The normalized spacial score (nSPS) is 19.1. The number of ether oxygens (including phenoxy) is 1. The lowest BCUT2D eigenvalue weighted by atomic mass is 9.86. The summed E-state index contributed by atoms with van der Waals surface area (Å²) in [5.41, 5.74) is 2.63. The summed E-state index contributed by atoms with van der Waals surface area (Å²) in [5.74, 6) is 0.